The summed E-state index contributed by atoms with van der Waals surface area (Å²) in [4.78, 5) is 2.29. The molecule has 0 fully saturated rings. The SMILES string of the molecule is CCC(O)C(C)N(C)C(C)CC(C)C. The highest BCUT2D eigenvalue weighted by Gasteiger charge is 2.21. The zero-order valence-corrected chi connectivity index (χ0v) is 10.6. The molecule has 86 valence electrons. The summed E-state index contributed by atoms with van der Waals surface area (Å²) in [6.07, 6.45) is 1.83. The Morgan fingerprint density at radius 1 is 1.14 bits per heavy atom. The molecule has 3 unspecified atom stereocenters. The van der Waals surface area contributed by atoms with Gasteiger partial charge in [0.25, 0.3) is 0 Å². The van der Waals surface area contributed by atoms with Gasteiger partial charge in [-0.15, -0.1) is 0 Å². The van der Waals surface area contributed by atoms with Gasteiger partial charge in [-0.05, 0) is 39.7 Å². The first-order valence-corrected chi connectivity index (χ1v) is 5.80. The third kappa shape index (κ3) is 4.43. The number of hydrogen-bond acceptors (Lipinski definition) is 2. The normalized spacial score (nSPS) is 18.6. The third-order valence-corrected chi connectivity index (χ3v) is 3.13. The molecule has 0 spiro atoms. The molecule has 1 N–H and O–H groups in total. The summed E-state index contributed by atoms with van der Waals surface area (Å²) in [5.41, 5.74) is 0. The molecular weight excluding hydrogens is 174 g/mol. The molecule has 0 aliphatic heterocycles. The molecular formula is C12H27NO. The van der Waals surface area contributed by atoms with Crippen molar-refractivity contribution in [2.24, 2.45) is 5.92 Å². The molecule has 0 saturated heterocycles. The van der Waals surface area contributed by atoms with Gasteiger partial charge < -0.3 is 5.11 Å². The summed E-state index contributed by atoms with van der Waals surface area (Å²) >= 11 is 0. The van der Waals surface area contributed by atoms with E-state index in [1.54, 1.807) is 0 Å². The Kier molecular flexibility index (Phi) is 6.38. The van der Waals surface area contributed by atoms with Gasteiger partial charge in [0.1, 0.15) is 0 Å². The average Bonchev–Trinajstić information content (AvgIpc) is 2.13. The number of aliphatic hydroxyl groups excluding tert-OH is 1. The molecule has 2 nitrogen and oxygen atoms in total. The van der Waals surface area contributed by atoms with Crippen LogP contribution in [0.15, 0.2) is 0 Å². The van der Waals surface area contributed by atoms with Gasteiger partial charge >= 0.3 is 0 Å². The molecule has 0 saturated carbocycles. The van der Waals surface area contributed by atoms with E-state index in [0.717, 1.165) is 12.3 Å². The van der Waals surface area contributed by atoms with Gasteiger partial charge in [0.15, 0.2) is 0 Å². The lowest BCUT2D eigenvalue weighted by Gasteiger charge is -2.34. The predicted molar refractivity (Wildman–Crippen MR) is 62.4 cm³/mol. The monoisotopic (exact) mass is 201 g/mol. The second-order valence-electron chi connectivity index (χ2n) is 4.86. The number of nitrogens with zero attached hydrogens (tertiary/aromatic N) is 1. The molecule has 0 rings (SSSR count). The minimum atomic E-state index is -0.199. The first kappa shape index (κ1) is 13.9. The summed E-state index contributed by atoms with van der Waals surface area (Å²) in [5.74, 6) is 0.721. The molecule has 0 aliphatic rings. The van der Waals surface area contributed by atoms with Crippen molar-refractivity contribution >= 4 is 0 Å². The molecule has 0 amide bonds. The minimum Gasteiger partial charge on any atom is -0.392 e. The number of aliphatic hydroxyl groups is 1. The van der Waals surface area contributed by atoms with Crippen molar-refractivity contribution < 1.29 is 5.11 Å². The lowest BCUT2D eigenvalue weighted by molar-refractivity contribution is 0.0467. The Morgan fingerprint density at radius 2 is 1.64 bits per heavy atom. The van der Waals surface area contributed by atoms with Crippen molar-refractivity contribution in [2.45, 2.75) is 65.6 Å². The zero-order chi connectivity index (χ0) is 11.3. The van der Waals surface area contributed by atoms with Crippen LogP contribution < -0.4 is 0 Å². The van der Waals surface area contributed by atoms with Crippen molar-refractivity contribution in [3.05, 3.63) is 0 Å². The largest absolute Gasteiger partial charge is 0.392 e. The van der Waals surface area contributed by atoms with Crippen LogP contribution in [0.2, 0.25) is 0 Å². The van der Waals surface area contributed by atoms with Gasteiger partial charge in [0, 0.05) is 12.1 Å². The number of hydrogen-bond donors (Lipinski definition) is 1. The maximum absolute atomic E-state index is 9.74. The Hall–Kier alpha value is -0.0800. The fraction of sp³-hybridized carbons (Fsp3) is 1.00. The van der Waals surface area contributed by atoms with Crippen LogP contribution in [0.5, 0.6) is 0 Å². The van der Waals surface area contributed by atoms with Crippen molar-refractivity contribution in [1.82, 2.24) is 4.90 Å². The molecule has 0 bridgehead atoms. The van der Waals surface area contributed by atoms with Gasteiger partial charge in [-0.1, -0.05) is 20.8 Å². The smallest absolute Gasteiger partial charge is 0.0690 e. The van der Waals surface area contributed by atoms with Crippen LogP contribution in [0, 0.1) is 5.92 Å². The Balaban J connectivity index is 4.09. The summed E-state index contributed by atoms with van der Waals surface area (Å²) < 4.78 is 0. The molecule has 3 atom stereocenters. The second kappa shape index (κ2) is 6.41. The maximum atomic E-state index is 9.74. The van der Waals surface area contributed by atoms with E-state index in [2.05, 4.69) is 39.6 Å². The first-order valence-electron chi connectivity index (χ1n) is 5.80. The van der Waals surface area contributed by atoms with Crippen LogP contribution in [-0.4, -0.2) is 35.2 Å². The third-order valence-electron chi connectivity index (χ3n) is 3.13. The molecule has 0 aromatic carbocycles. The van der Waals surface area contributed by atoms with E-state index in [-0.39, 0.29) is 12.1 Å². The molecule has 0 radical (unpaired) electrons. The Bertz CT molecular complexity index is 147. The van der Waals surface area contributed by atoms with E-state index < -0.39 is 0 Å². The second-order valence-corrected chi connectivity index (χ2v) is 4.86. The first-order chi connectivity index (χ1) is 6.40. The van der Waals surface area contributed by atoms with E-state index in [1.807, 2.05) is 6.92 Å². The van der Waals surface area contributed by atoms with Crippen LogP contribution in [0.25, 0.3) is 0 Å². The molecule has 0 aromatic rings. The van der Waals surface area contributed by atoms with Gasteiger partial charge in [0.05, 0.1) is 6.10 Å². The van der Waals surface area contributed by atoms with E-state index in [4.69, 9.17) is 0 Å². The Labute approximate surface area is 89.3 Å². The van der Waals surface area contributed by atoms with Crippen LogP contribution in [-0.2, 0) is 0 Å². The molecule has 14 heavy (non-hydrogen) atoms. The lowest BCUT2D eigenvalue weighted by Crippen LogP contribution is -2.44. The fourth-order valence-corrected chi connectivity index (χ4v) is 1.86. The van der Waals surface area contributed by atoms with Crippen molar-refractivity contribution in [1.29, 1.82) is 0 Å². The quantitative estimate of drug-likeness (QED) is 0.714. The highest BCUT2D eigenvalue weighted by atomic mass is 16.3. The van der Waals surface area contributed by atoms with Crippen molar-refractivity contribution in [2.75, 3.05) is 7.05 Å². The molecule has 0 heterocycles. The Morgan fingerprint density at radius 3 is 2.00 bits per heavy atom. The van der Waals surface area contributed by atoms with Crippen molar-refractivity contribution in [3.63, 3.8) is 0 Å². The highest BCUT2D eigenvalue weighted by molar-refractivity contribution is 4.76. The van der Waals surface area contributed by atoms with E-state index in [0.29, 0.717) is 6.04 Å². The molecule has 0 aliphatic carbocycles. The zero-order valence-electron chi connectivity index (χ0n) is 10.6. The van der Waals surface area contributed by atoms with Gasteiger partial charge in [-0.2, -0.15) is 0 Å². The van der Waals surface area contributed by atoms with Gasteiger partial charge in [-0.3, -0.25) is 4.90 Å². The minimum absolute atomic E-state index is 0.199. The van der Waals surface area contributed by atoms with Crippen LogP contribution in [0.3, 0.4) is 0 Å². The standard InChI is InChI=1S/C12H27NO/c1-7-12(14)11(5)13(6)10(4)8-9(2)3/h9-12,14H,7-8H2,1-6H3. The average molecular weight is 201 g/mol. The van der Waals surface area contributed by atoms with Crippen LogP contribution in [0.1, 0.15) is 47.5 Å². The van der Waals surface area contributed by atoms with Gasteiger partial charge in [-0.25, -0.2) is 0 Å². The van der Waals surface area contributed by atoms with E-state index >= 15 is 0 Å². The topological polar surface area (TPSA) is 23.5 Å². The fourth-order valence-electron chi connectivity index (χ4n) is 1.86. The van der Waals surface area contributed by atoms with Crippen molar-refractivity contribution in [3.8, 4) is 0 Å². The number of likely N-dealkylation sites (N-methyl/N-ethyl adjacent to an activating group) is 1. The maximum Gasteiger partial charge on any atom is 0.0690 e. The summed E-state index contributed by atoms with van der Waals surface area (Å²) in [7, 11) is 2.11. The van der Waals surface area contributed by atoms with Gasteiger partial charge in [0.2, 0.25) is 0 Å². The van der Waals surface area contributed by atoms with Crippen LogP contribution in [0.4, 0.5) is 0 Å². The molecule has 0 aromatic heterocycles. The lowest BCUT2D eigenvalue weighted by atomic mass is 10.0. The summed E-state index contributed by atoms with van der Waals surface area (Å²) in [5, 5.41) is 9.74. The highest BCUT2D eigenvalue weighted by Crippen LogP contribution is 2.14. The molecule has 2 heteroatoms. The number of rotatable bonds is 6. The van der Waals surface area contributed by atoms with E-state index in [9.17, 15) is 5.11 Å². The summed E-state index contributed by atoms with van der Waals surface area (Å²) in [6.45, 7) is 10.8. The van der Waals surface area contributed by atoms with Crippen LogP contribution >= 0.6 is 0 Å². The van der Waals surface area contributed by atoms with E-state index in [1.165, 1.54) is 6.42 Å². The predicted octanol–water partition coefficient (Wildman–Crippen LogP) is 2.51. The summed E-state index contributed by atoms with van der Waals surface area (Å²) in [6, 6.07) is 0.806.